The number of carboxylic acids is 1. The summed E-state index contributed by atoms with van der Waals surface area (Å²) in [5.74, 6) is 0.268. The number of carbonyl (C=O) groups excluding carboxylic acids is 1. The minimum absolute atomic E-state index is 0.0714. The molecule has 0 radical (unpaired) electrons. The molecule has 0 aliphatic heterocycles. The number of carbonyl (C=O) groups is 2. The summed E-state index contributed by atoms with van der Waals surface area (Å²) in [7, 11) is 0. The number of hydrogen-bond donors (Lipinski definition) is 2. The molecule has 2 aliphatic rings. The van der Waals surface area contributed by atoms with Gasteiger partial charge in [-0.3, -0.25) is 9.59 Å². The lowest BCUT2D eigenvalue weighted by Crippen LogP contribution is -2.35. The molecule has 0 heterocycles. The second-order valence-corrected chi connectivity index (χ2v) is 6.69. The van der Waals surface area contributed by atoms with Gasteiger partial charge in [-0.2, -0.15) is 0 Å². The zero-order valence-corrected chi connectivity index (χ0v) is 12.4. The highest BCUT2D eigenvalue weighted by Gasteiger charge is 2.31. The van der Waals surface area contributed by atoms with Crippen LogP contribution in [0.15, 0.2) is 0 Å². The van der Waals surface area contributed by atoms with Crippen LogP contribution in [0.3, 0.4) is 0 Å². The number of carboxylic acid groups (broad SMARTS) is 1. The van der Waals surface area contributed by atoms with E-state index in [1.54, 1.807) is 0 Å². The summed E-state index contributed by atoms with van der Waals surface area (Å²) in [6.45, 7) is 2.18. The first kappa shape index (κ1) is 15.3. The Balaban J connectivity index is 1.71. The molecule has 0 bridgehead atoms. The molecule has 0 aromatic carbocycles. The molecule has 4 nitrogen and oxygen atoms in total. The molecule has 2 aliphatic carbocycles. The predicted molar refractivity (Wildman–Crippen MR) is 77.3 cm³/mol. The quantitative estimate of drug-likeness (QED) is 0.814. The minimum atomic E-state index is -0.725. The van der Waals surface area contributed by atoms with Crippen molar-refractivity contribution in [2.75, 3.05) is 0 Å². The molecule has 0 spiro atoms. The van der Waals surface area contributed by atoms with Gasteiger partial charge in [-0.05, 0) is 31.1 Å². The summed E-state index contributed by atoms with van der Waals surface area (Å²) in [6.07, 6.45) is 9.17. The van der Waals surface area contributed by atoms with E-state index in [2.05, 4.69) is 12.2 Å². The van der Waals surface area contributed by atoms with Crippen molar-refractivity contribution < 1.29 is 14.7 Å². The second kappa shape index (κ2) is 7.09. The highest BCUT2D eigenvalue weighted by molar-refractivity contribution is 5.77. The largest absolute Gasteiger partial charge is 0.481 e. The predicted octanol–water partition coefficient (Wildman–Crippen LogP) is 2.96. The number of hydrogen-bond acceptors (Lipinski definition) is 2. The lowest BCUT2D eigenvalue weighted by molar-refractivity contribution is -0.141. The van der Waals surface area contributed by atoms with Crippen LogP contribution in [0.1, 0.15) is 64.7 Å². The van der Waals surface area contributed by atoms with Gasteiger partial charge in [0.1, 0.15) is 0 Å². The molecule has 1 unspecified atom stereocenters. The first-order chi connectivity index (χ1) is 9.56. The Bertz CT molecular complexity index is 350. The normalized spacial score (nSPS) is 29.1. The third kappa shape index (κ3) is 4.22. The Labute approximate surface area is 121 Å². The maximum Gasteiger partial charge on any atom is 0.306 e. The number of nitrogens with one attached hydrogen (secondary N) is 1. The lowest BCUT2D eigenvalue weighted by Gasteiger charge is -2.27. The molecule has 4 heteroatoms. The average molecular weight is 281 g/mol. The molecule has 2 fully saturated rings. The third-order valence-corrected chi connectivity index (χ3v) is 5.11. The molecule has 1 amide bonds. The monoisotopic (exact) mass is 281 g/mol. The van der Waals surface area contributed by atoms with E-state index in [0.29, 0.717) is 31.1 Å². The van der Waals surface area contributed by atoms with Crippen LogP contribution in [0.2, 0.25) is 0 Å². The van der Waals surface area contributed by atoms with Crippen molar-refractivity contribution >= 4 is 11.9 Å². The minimum Gasteiger partial charge on any atom is -0.481 e. The van der Waals surface area contributed by atoms with Crippen molar-refractivity contribution in [3.05, 3.63) is 0 Å². The average Bonchev–Trinajstić information content (AvgIpc) is 2.88. The van der Waals surface area contributed by atoms with Crippen molar-refractivity contribution in [1.82, 2.24) is 5.32 Å². The van der Waals surface area contributed by atoms with Crippen LogP contribution in [-0.2, 0) is 9.59 Å². The van der Waals surface area contributed by atoms with E-state index < -0.39 is 5.97 Å². The summed E-state index contributed by atoms with van der Waals surface area (Å²) in [5.41, 5.74) is 0. The topological polar surface area (TPSA) is 66.4 Å². The summed E-state index contributed by atoms with van der Waals surface area (Å²) in [4.78, 5) is 23.0. The van der Waals surface area contributed by atoms with Gasteiger partial charge in [-0.15, -0.1) is 0 Å². The van der Waals surface area contributed by atoms with Crippen molar-refractivity contribution in [3.8, 4) is 0 Å². The van der Waals surface area contributed by atoms with Crippen molar-refractivity contribution in [2.24, 2.45) is 17.8 Å². The molecular formula is C16H27NO3. The maximum absolute atomic E-state index is 12.1. The van der Waals surface area contributed by atoms with Gasteiger partial charge in [0, 0.05) is 12.5 Å². The van der Waals surface area contributed by atoms with E-state index in [0.717, 1.165) is 6.42 Å². The smallest absolute Gasteiger partial charge is 0.306 e. The third-order valence-electron chi connectivity index (χ3n) is 5.11. The molecule has 2 rings (SSSR count). The molecule has 2 saturated carbocycles. The summed E-state index contributed by atoms with van der Waals surface area (Å²) < 4.78 is 0. The van der Waals surface area contributed by atoms with E-state index in [-0.39, 0.29) is 17.9 Å². The molecule has 3 atom stereocenters. The Morgan fingerprint density at radius 1 is 1.15 bits per heavy atom. The Hall–Kier alpha value is -1.06. The summed E-state index contributed by atoms with van der Waals surface area (Å²) in [6, 6.07) is 0.0714. The first-order valence-electron chi connectivity index (χ1n) is 8.08. The van der Waals surface area contributed by atoms with Gasteiger partial charge >= 0.3 is 5.97 Å². The molecule has 0 saturated heterocycles. The Morgan fingerprint density at radius 3 is 2.45 bits per heavy atom. The Kier molecular flexibility index (Phi) is 5.44. The first-order valence-corrected chi connectivity index (χ1v) is 8.08. The van der Waals surface area contributed by atoms with E-state index in [1.165, 1.54) is 32.1 Å². The fourth-order valence-corrected chi connectivity index (χ4v) is 3.79. The highest BCUT2D eigenvalue weighted by atomic mass is 16.4. The van der Waals surface area contributed by atoms with Gasteiger partial charge in [0.15, 0.2) is 0 Å². The van der Waals surface area contributed by atoms with Crippen LogP contribution in [0.25, 0.3) is 0 Å². The van der Waals surface area contributed by atoms with E-state index >= 15 is 0 Å². The zero-order valence-electron chi connectivity index (χ0n) is 12.4. The van der Waals surface area contributed by atoms with Gasteiger partial charge < -0.3 is 10.4 Å². The van der Waals surface area contributed by atoms with Crippen LogP contribution in [-0.4, -0.2) is 23.0 Å². The number of amides is 1. The summed E-state index contributed by atoms with van der Waals surface area (Å²) in [5, 5.41) is 12.0. The van der Waals surface area contributed by atoms with Gasteiger partial charge in [0.05, 0.1) is 5.92 Å². The van der Waals surface area contributed by atoms with Crippen LogP contribution in [0.5, 0.6) is 0 Å². The van der Waals surface area contributed by atoms with Crippen molar-refractivity contribution in [3.63, 3.8) is 0 Å². The zero-order chi connectivity index (χ0) is 14.5. The lowest BCUT2D eigenvalue weighted by atomic mass is 9.79. The van der Waals surface area contributed by atoms with E-state index in [4.69, 9.17) is 5.11 Å². The SMILES string of the molecule is CC(CC(=O)N[C@@H]1CC[C@H](C(=O)O)C1)C1CCCCC1. The molecule has 114 valence electrons. The summed E-state index contributed by atoms with van der Waals surface area (Å²) >= 11 is 0. The van der Waals surface area contributed by atoms with Crippen molar-refractivity contribution in [1.29, 1.82) is 0 Å². The van der Waals surface area contributed by atoms with Gasteiger partial charge in [0.2, 0.25) is 5.91 Å². The van der Waals surface area contributed by atoms with Crippen LogP contribution in [0.4, 0.5) is 0 Å². The second-order valence-electron chi connectivity index (χ2n) is 6.69. The van der Waals surface area contributed by atoms with E-state index in [1.807, 2.05) is 0 Å². The standard InChI is InChI=1S/C16H27NO3/c1-11(12-5-3-2-4-6-12)9-15(18)17-14-8-7-13(10-14)16(19)20/h11-14H,2-10H2,1H3,(H,17,18)(H,19,20)/t11?,13-,14+/m0/s1. The van der Waals surface area contributed by atoms with Crippen LogP contribution in [0, 0.1) is 17.8 Å². The van der Waals surface area contributed by atoms with Crippen LogP contribution < -0.4 is 5.32 Å². The molecule has 2 N–H and O–H groups in total. The number of rotatable bonds is 5. The van der Waals surface area contributed by atoms with Gasteiger partial charge in [-0.1, -0.05) is 39.0 Å². The molecule has 0 aromatic heterocycles. The molecule has 20 heavy (non-hydrogen) atoms. The van der Waals surface area contributed by atoms with E-state index in [9.17, 15) is 9.59 Å². The number of aliphatic carboxylic acids is 1. The highest BCUT2D eigenvalue weighted by Crippen LogP contribution is 2.31. The fourth-order valence-electron chi connectivity index (χ4n) is 3.79. The maximum atomic E-state index is 12.1. The molecule has 0 aromatic rings. The van der Waals surface area contributed by atoms with Crippen LogP contribution >= 0.6 is 0 Å². The van der Waals surface area contributed by atoms with Gasteiger partial charge in [-0.25, -0.2) is 0 Å². The fraction of sp³-hybridized carbons (Fsp3) is 0.875. The Morgan fingerprint density at radius 2 is 1.85 bits per heavy atom. The van der Waals surface area contributed by atoms with Gasteiger partial charge in [0.25, 0.3) is 0 Å². The van der Waals surface area contributed by atoms with Crippen molar-refractivity contribution in [2.45, 2.75) is 70.8 Å². The molecular weight excluding hydrogens is 254 g/mol.